The number of nitrogens with two attached hydrogens (primary N) is 1. The molecule has 6 nitrogen and oxygen atoms in total. The van der Waals surface area contributed by atoms with Gasteiger partial charge in [0.25, 0.3) is 5.91 Å². The van der Waals surface area contributed by atoms with Gasteiger partial charge in [0.2, 0.25) is 0 Å². The van der Waals surface area contributed by atoms with Crippen molar-refractivity contribution in [2.75, 3.05) is 37.6 Å². The minimum Gasteiger partial charge on any atom is -0.338 e. The van der Waals surface area contributed by atoms with Crippen LogP contribution in [0.2, 0.25) is 5.02 Å². The SMILES string of the molecule is Cl.NC[C@@H]1CN(C(=O)c2ccc(Cl)c(N3CCNC3=O)c2)C[C@H]1c1ccccc1. The maximum absolute atomic E-state index is 13.2. The standard InChI is InChI=1S/C21H23ClN4O2.ClH/c22-18-7-6-15(10-19(18)26-9-8-24-21(26)28)20(27)25-12-16(11-23)17(13-25)14-4-2-1-3-5-14;/h1-7,10,16-17H,8-9,11-13,23H2,(H,24,28);1H/t16-,17+;/m1./s1. The van der Waals surface area contributed by atoms with Crippen LogP contribution in [0.5, 0.6) is 0 Å². The molecule has 0 radical (unpaired) electrons. The van der Waals surface area contributed by atoms with E-state index in [1.807, 2.05) is 23.1 Å². The highest BCUT2D eigenvalue weighted by Crippen LogP contribution is 2.34. The molecule has 0 bridgehead atoms. The second-order valence-corrected chi connectivity index (χ2v) is 7.68. The molecular formula is C21H24Cl2N4O2. The number of benzene rings is 2. The van der Waals surface area contributed by atoms with Crippen LogP contribution in [-0.4, -0.2) is 49.6 Å². The molecule has 8 heteroatoms. The first kappa shape index (κ1) is 21.4. The molecule has 0 aromatic heterocycles. The second kappa shape index (κ2) is 9.03. The molecule has 2 saturated heterocycles. The number of likely N-dealkylation sites (tertiary alicyclic amines) is 1. The zero-order chi connectivity index (χ0) is 19.7. The van der Waals surface area contributed by atoms with E-state index in [9.17, 15) is 9.59 Å². The highest BCUT2D eigenvalue weighted by Gasteiger charge is 2.36. The maximum Gasteiger partial charge on any atom is 0.322 e. The fourth-order valence-electron chi connectivity index (χ4n) is 4.09. The molecule has 29 heavy (non-hydrogen) atoms. The van der Waals surface area contributed by atoms with E-state index in [1.54, 1.807) is 23.1 Å². The number of nitrogens with one attached hydrogen (secondary N) is 1. The monoisotopic (exact) mass is 434 g/mol. The Morgan fingerprint density at radius 3 is 2.59 bits per heavy atom. The number of carbonyl (C=O) groups excluding carboxylic acids is 2. The summed E-state index contributed by atoms with van der Waals surface area (Å²) in [7, 11) is 0. The molecule has 2 atom stereocenters. The smallest absolute Gasteiger partial charge is 0.322 e. The van der Waals surface area contributed by atoms with Gasteiger partial charge in [0.05, 0.1) is 10.7 Å². The predicted molar refractivity (Wildman–Crippen MR) is 117 cm³/mol. The van der Waals surface area contributed by atoms with Crippen LogP contribution in [-0.2, 0) is 0 Å². The summed E-state index contributed by atoms with van der Waals surface area (Å²) in [5.74, 6) is 0.392. The molecule has 3 amide bonds. The lowest BCUT2D eigenvalue weighted by molar-refractivity contribution is 0.0786. The minimum absolute atomic E-state index is 0. The maximum atomic E-state index is 13.2. The highest BCUT2D eigenvalue weighted by atomic mass is 35.5. The lowest BCUT2D eigenvalue weighted by Gasteiger charge is -2.20. The van der Waals surface area contributed by atoms with Crippen LogP contribution in [0.25, 0.3) is 0 Å². The summed E-state index contributed by atoms with van der Waals surface area (Å²) >= 11 is 6.29. The first-order valence-corrected chi connectivity index (χ1v) is 9.85. The molecule has 2 heterocycles. The number of nitrogens with zero attached hydrogens (tertiary/aromatic N) is 2. The van der Waals surface area contributed by atoms with Gasteiger partial charge in [-0.2, -0.15) is 0 Å². The van der Waals surface area contributed by atoms with Crippen molar-refractivity contribution in [2.45, 2.75) is 5.92 Å². The molecule has 0 saturated carbocycles. The minimum atomic E-state index is -0.194. The molecule has 2 aliphatic heterocycles. The summed E-state index contributed by atoms with van der Waals surface area (Å²) in [6, 6.07) is 15.1. The van der Waals surface area contributed by atoms with Gasteiger partial charge in [-0.1, -0.05) is 41.9 Å². The van der Waals surface area contributed by atoms with Gasteiger partial charge >= 0.3 is 6.03 Å². The number of halogens is 2. The third-order valence-electron chi connectivity index (χ3n) is 5.60. The topological polar surface area (TPSA) is 78.7 Å². The lowest BCUT2D eigenvalue weighted by atomic mass is 9.89. The summed E-state index contributed by atoms with van der Waals surface area (Å²) < 4.78 is 0. The number of urea groups is 1. The van der Waals surface area contributed by atoms with Crippen LogP contribution in [0, 0.1) is 5.92 Å². The number of hydrogen-bond acceptors (Lipinski definition) is 3. The highest BCUT2D eigenvalue weighted by molar-refractivity contribution is 6.34. The number of hydrogen-bond donors (Lipinski definition) is 2. The van der Waals surface area contributed by atoms with E-state index in [1.165, 1.54) is 5.56 Å². The first-order valence-electron chi connectivity index (χ1n) is 9.47. The average Bonchev–Trinajstić information content (AvgIpc) is 3.35. The summed E-state index contributed by atoms with van der Waals surface area (Å²) in [6.07, 6.45) is 0. The van der Waals surface area contributed by atoms with Crippen molar-refractivity contribution in [2.24, 2.45) is 11.7 Å². The molecule has 2 aromatic carbocycles. The molecule has 154 valence electrons. The largest absolute Gasteiger partial charge is 0.338 e. The zero-order valence-electron chi connectivity index (χ0n) is 15.9. The molecule has 0 aliphatic carbocycles. The van der Waals surface area contributed by atoms with E-state index in [0.717, 1.165) is 0 Å². The predicted octanol–water partition coefficient (Wildman–Crippen LogP) is 3.11. The Morgan fingerprint density at radius 1 is 1.17 bits per heavy atom. The van der Waals surface area contributed by atoms with Crippen LogP contribution in [0.1, 0.15) is 21.8 Å². The van der Waals surface area contributed by atoms with E-state index in [-0.39, 0.29) is 36.2 Å². The van der Waals surface area contributed by atoms with Gasteiger partial charge in [-0.25, -0.2) is 4.79 Å². The number of carbonyl (C=O) groups is 2. The Balaban J connectivity index is 0.00000240. The Labute approximate surface area is 181 Å². The third kappa shape index (κ3) is 4.20. The van der Waals surface area contributed by atoms with Crippen LogP contribution in [0.4, 0.5) is 10.5 Å². The summed E-state index contributed by atoms with van der Waals surface area (Å²) in [5.41, 5.74) is 8.30. The van der Waals surface area contributed by atoms with Crippen LogP contribution in [0.3, 0.4) is 0 Å². The summed E-state index contributed by atoms with van der Waals surface area (Å²) in [6.45, 7) is 2.88. The van der Waals surface area contributed by atoms with Crippen molar-refractivity contribution in [3.05, 3.63) is 64.7 Å². The first-order chi connectivity index (χ1) is 13.6. The second-order valence-electron chi connectivity index (χ2n) is 7.27. The normalized spacial score (nSPS) is 21.1. The summed E-state index contributed by atoms with van der Waals surface area (Å²) in [4.78, 5) is 28.6. The van der Waals surface area contributed by atoms with E-state index in [4.69, 9.17) is 17.3 Å². The Hall–Kier alpha value is -2.28. The fourth-order valence-corrected chi connectivity index (χ4v) is 4.31. The van der Waals surface area contributed by atoms with Crippen molar-refractivity contribution in [1.29, 1.82) is 0 Å². The van der Waals surface area contributed by atoms with Crippen molar-refractivity contribution in [1.82, 2.24) is 10.2 Å². The number of anilines is 1. The van der Waals surface area contributed by atoms with E-state index in [2.05, 4.69) is 17.4 Å². The molecule has 0 spiro atoms. The molecule has 4 rings (SSSR count). The Kier molecular flexibility index (Phi) is 6.67. The lowest BCUT2D eigenvalue weighted by Crippen LogP contribution is -2.31. The van der Waals surface area contributed by atoms with Crippen LogP contribution < -0.4 is 16.0 Å². The van der Waals surface area contributed by atoms with Gasteiger partial charge in [-0.05, 0) is 36.2 Å². The molecule has 3 N–H and O–H groups in total. The van der Waals surface area contributed by atoms with Gasteiger partial charge in [0, 0.05) is 37.7 Å². The Bertz CT molecular complexity index is 894. The van der Waals surface area contributed by atoms with Crippen LogP contribution in [0.15, 0.2) is 48.5 Å². The van der Waals surface area contributed by atoms with Crippen molar-refractivity contribution in [3.8, 4) is 0 Å². The van der Waals surface area contributed by atoms with Crippen LogP contribution >= 0.6 is 24.0 Å². The van der Waals surface area contributed by atoms with Crippen molar-refractivity contribution in [3.63, 3.8) is 0 Å². The molecule has 2 aromatic rings. The number of amides is 3. The molecular weight excluding hydrogens is 411 g/mol. The van der Waals surface area contributed by atoms with Gasteiger partial charge in [0.15, 0.2) is 0 Å². The van der Waals surface area contributed by atoms with Gasteiger partial charge in [-0.15, -0.1) is 12.4 Å². The van der Waals surface area contributed by atoms with Gasteiger partial charge in [-0.3, -0.25) is 9.69 Å². The third-order valence-corrected chi connectivity index (χ3v) is 5.92. The van der Waals surface area contributed by atoms with Gasteiger partial charge in [0.1, 0.15) is 0 Å². The molecule has 0 unspecified atom stereocenters. The van der Waals surface area contributed by atoms with E-state index in [0.29, 0.717) is 49.0 Å². The summed E-state index contributed by atoms with van der Waals surface area (Å²) in [5, 5.41) is 3.21. The number of rotatable bonds is 4. The van der Waals surface area contributed by atoms with E-state index < -0.39 is 0 Å². The van der Waals surface area contributed by atoms with Gasteiger partial charge < -0.3 is 16.0 Å². The fraction of sp³-hybridized carbons (Fsp3) is 0.333. The quantitative estimate of drug-likeness (QED) is 0.775. The molecule has 2 fully saturated rings. The van der Waals surface area contributed by atoms with E-state index >= 15 is 0 Å². The zero-order valence-corrected chi connectivity index (χ0v) is 17.5. The average molecular weight is 435 g/mol. The van der Waals surface area contributed by atoms with Crippen molar-refractivity contribution >= 4 is 41.6 Å². The van der Waals surface area contributed by atoms with Crippen molar-refractivity contribution < 1.29 is 9.59 Å². The Morgan fingerprint density at radius 2 is 1.93 bits per heavy atom. The molecule has 2 aliphatic rings.